The largest absolute Gasteiger partial charge is 0.497 e. The van der Waals surface area contributed by atoms with Crippen LogP contribution in [0.1, 0.15) is 27.6 Å². The van der Waals surface area contributed by atoms with E-state index in [4.69, 9.17) is 25.7 Å². The topological polar surface area (TPSA) is 80.9 Å². The Hall–Kier alpha value is -3.46. The van der Waals surface area contributed by atoms with E-state index in [0.29, 0.717) is 47.9 Å². The molecule has 1 saturated heterocycles. The zero-order chi connectivity index (χ0) is 24.9. The molecule has 0 radical (unpaired) electrons. The zero-order valence-corrected chi connectivity index (χ0v) is 20.7. The molecule has 1 unspecified atom stereocenters. The highest BCUT2D eigenvalue weighted by atomic mass is 35.5. The summed E-state index contributed by atoms with van der Waals surface area (Å²) in [5, 5.41) is 8.33. The molecule has 186 valence electrons. The Labute approximate surface area is 214 Å². The first-order chi connectivity index (χ1) is 17.6. The third-order valence-corrected chi connectivity index (χ3v) is 6.63. The number of amides is 1. The van der Waals surface area contributed by atoms with E-state index in [1.807, 2.05) is 47.4 Å². The fraction of sp³-hybridized carbons (Fsp3) is 0.296. The van der Waals surface area contributed by atoms with Gasteiger partial charge in [0, 0.05) is 43.3 Å². The Morgan fingerprint density at radius 1 is 1.00 bits per heavy atom. The van der Waals surface area contributed by atoms with Crippen molar-refractivity contribution in [2.24, 2.45) is 0 Å². The number of ether oxygens (including phenoxy) is 2. The molecule has 1 aromatic heterocycles. The number of hydrogen-bond donors (Lipinski definition) is 0. The van der Waals surface area contributed by atoms with E-state index in [9.17, 15) is 4.79 Å². The zero-order valence-electron chi connectivity index (χ0n) is 20.0. The van der Waals surface area contributed by atoms with E-state index < -0.39 is 0 Å². The second-order valence-electron chi connectivity index (χ2n) is 8.77. The standard InChI is InChI=1S/C27H27ClN4O4/c1-34-23-7-3-5-20(15-23)26(35-18-19-4-2-6-22(28)14-19)17-31-10-12-32(13-11-31)27(33)21-8-9-24-25(16-21)30-36-29-24/h2-9,14-16,26H,10-13,17-18H2,1H3. The first kappa shape index (κ1) is 24.2. The van der Waals surface area contributed by atoms with Gasteiger partial charge >= 0.3 is 0 Å². The highest BCUT2D eigenvalue weighted by Gasteiger charge is 2.25. The molecule has 0 bridgehead atoms. The molecule has 9 heteroatoms. The van der Waals surface area contributed by atoms with Crippen molar-refractivity contribution in [2.75, 3.05) is 39.8 Å². The fourth-order valence-electron chi connectivity index (χ4n) is 4.39. The summed E-state index contributed by atoms with van der Waals surface area (Å²) in [4.78, 5) is 17.3. The maximum Gasteiger partial charge on any atom is 0.254 e. The number of hydrogen-bond acceptors (Lipinski definition) is 7. The Bertz CT molecular complexity index is 1340. The molecule has 1 aliphatic heterocycles. The number of halogens is 1. The Kier molecular flexibility index (Phi) is 7.46. The number of aromatic nitrogens is 2. The molecule has 5 rings (SSSR count). The molecular formula is C27H27ClN4O4. The summed E-state index contributed by atoms with van der Waals surface area (Å²) >= 11 is 6.15. The van der Waals surface area contributed by atoms with Crippen molar-refractivity contribution in [1.82, 2.24) is 20.1 Å². The van der Waals surface area contributed by atoms with Gasteiger partial charge in [-0.3, -0.25) is 9.69 Å². The second-order valence-corrected chi connectivity index (χ2v) is 9.20. The van der Waals surface area contributed by atoms with Crippen molar-refractivity contribution in [1.29, 1.82) is 0 Å². The number of fused-ring (bicyclic) bond motifs is 1. The molecular weight excluding hydrogens is 480 g/mol. The van der Waals surface area contributed by atoms with Crippen molar-refractivity contribution in [3.05, 3.63) is 88.4 Å². The average Bonchev–Trinajstić information content (AvgIpc) is 3.39. The van der Waals surface area contributed by atoms with Crippen molar-refractivity contribution in [3.63, 3.8) is 0 Å². The van der Waals surface area contributed by atoms with Gasteiger partial charge < -0.3 is 14.4 Å². The summed E-state index contributed by atoms with van der Waals surface area (Å²) in [7, 11) is 1.66. The number of carbonyl (C=O) groups excluding carboxylic acids is 1. The van der Waals surface area contributed by atoms with Gasteiger partial charge in [0.1, 0.15) is 16.8 Å². The minimum Gasteiger partial charge on any atom is -0.497 e. The lowest BCUT2D eigenvalue weighted by atomic mass is 10.1. The summed E-state index contributed by atoms with van der Waals surface area (Å²) in [5.74, 6) is 0.777. The smallest absolute Gasteiger partial charge is 0.254 e. The molecule has 1 aliphatic rings. The van der Waals surface area contributed by atoms with E-state index in [-0.39, 0.29) is 12.0 Å². The Morgan fingerprint density at radius 3 is 2.61 bits per heavy atom. The summed E-state index contributed by atoms with van der Waals surface area (Å²) in [6.45, 7) is 3.91. The van der Waals surface area contributed by atoms with Crippen molar-refractivity contribution >= 4 is 28.5 Å². The van der Waals surface area contributed by atoms with Crippen molar-refractivity contribution in [2.45, 2.75) is 12.7 Å². The van der Waals surface area contributed by atoms with Gasteiger partial charge in [0.05, 0.1) is 19.8 Å². The van der Waals surface area contributed by atoms with Gasteiger partial charge in [0.2, 0.25) is 0 Å². The van der Waals surface area contributed by atoms with E-state index in [1.165, 1.54) is 0 Å². The maximum atomic E-state index is 13.1. The van der Waals surface area contributed by atoms with Gasteiger partial charge in [-0.2, -0.15) is 0 Å². The molecule has 0 spiro atoms. The average molecular weight is 507 g/mol. The highest BCUT2D eigenvalue weighted by Crippen LogP contribution is 2.26. The van der Waals surface area contributed by atoms with E-state index in [2.05, 4.69) is 21.3 Å². The van der Waals surface area contributed by atoms with Gasteiger partial charge in [-0.1, -0.05) is 35.9 Å². The first-order valence-corrected chi connectivity index (χ1v) is 12.2. The van der Waals surface area contributed by atoms with Crippen LogP contribution < -0.4 is 4.74 Å². The molecule has 0 N–H and O–H groups in total. The van der Waals surface area contributed by atoms with Crippen LogP contribution in [0.4, 0.5) is 0 Å². The molecule has 1 fully saturated rings. The van der Waals surface area contributed by atoms with E-state index in [0.717, 1.165) is 30.0 Å². The van der Waals surface area contributed by atoms with Gasteiger partial charge in [-0.15, -0.1) is 0 Å². The Morgan fingerprint density at radius 2 is 1.81 bits per heavy atom. The summed E-state index contributed by atoms with van der Waals surface area (Å²) in [6, 6.07) is 20.9. The molecule has 0 saturated carbocycles. The molecule has 0 aliphatic carbocycles. The third kappa shape index (κ3) is 5.67. The minimum absolute atomic E-state index is 0.0129. The minimum atomic E-state index is -0.164. The molecule has 2 heterocycles. The van der Waals surface area contributed by atoms with Crippen LogP contribution in [0.3, 0.4) is 0 Å². The highest BCUT2D eigenvalue weighted by molar-refractivity contribution is 6.30. The molecule has 1 atom stereocenters. The molecule has 36 heavy (non-hydrogen) atoms. The SMILES string of the molecule is COc1cccc(C(CN2CCN(C(=O)c3ccc4nonc4c3)CC2)OCc2cccc(Cl)c2)c1. The van der Waals surface area contributed by atoms with Gasteiger partial charge in [0.25, 0.3) is 5.91 Å². The lowest BCUT2D eigenvalue weighted by molar-refractivity contribution is 0.00334. The lowest BCUT2D eigenvalue weighted by Gasteiger charge is -2.36. The lowest BCUT2D eigenvalue weighted by Crippen LogP contribution is -2.49. The number of methoxy groups -OCH3 is 1. The van der Waals surface area contributed by atoms with Crippen LogP contribution in [-0.2, 0) is 11.3 Å². The van der Waals surface area contributed by atoms with Crippen LogP contribution in [0.25, 0.3) is 11.0 Å². The van der Waals surface area contributed by atoms with Crippen LogP contribution in [0.5, 0.6) is 5.75 Å². The monoisotopic (exact) mass is 506 g/mol. The van der Waals surface area contributed by atoms with Crippen molar-refractivity contribution in [3.8, 4) is 5.75 Å². The first-order valence-electron chi connectivity index (χ1n) is 11.8. The fourth-order valence-corrected chi connectivity index (χ4v) is 4.60. The summed E-state index contributed by atoms with van der Waals surface area (Å²) in [5.41, 5.74) is 3.87. The van der Waals surface area contributed by atoms with Crippen molar-refractivity contribution < 1.29 is 18.9 Å². The number of rotatable bonds is 8. The molecule has 8 nitrogen and oxygen atoms in total. The van der Waals surface area contributed by atoms with Gasteiger partial charge in [-0.25, -0.2) is 4.63 Å². The predicted octanol–water partition coefficient (Wildman–Crippen LogP) is 4.60. The van der Waals surface area contributed by atoms with Crippen LogP contribution in [0.2, 0.25) is 5.02 Å². The molecule has 3 aromatic carbocycles. The summed E-state index contributed by atoms with van der Waals surface area (Å²) < 4.78 is 16.6. The van der Waals surface area contributed by atoms with E-state index >= 15 is 0 Å². The van der Waals surface area contributed by atoms with E-state index in [1.54, 1.807) is 25.3 Å². The third-order valence-electron chi connectivity index (χ3n) is 6.39. The maximum absolute atomic E-state index is 13.1. The predicted molar refractivity (Wildman–Crippen MR) is 136 cm³/mol. The second kappa shape index (κ2) is 11.1. The van der Waals surface area contributed by atoms with Crippen LogP contribution in [0, 0.1) is 0 Å². The number of benzene rings is 3. The summed E-state index contributed by atoms with van der Waals surface area (Å²) in [6.07, 6.45) is -0.164. The number of nitrogens with zero attached hydrogens (tertiary/aromatic N) is 4. The van der Waals surface area contributed by atoms with Crippen LogP contribution in [-0.4, -0.2) is 65.9 Å². The Balaban J connectivity index is 1.24. The normalized spacial score (nSPS) is 15.2. The van der Waals surface area contributed by atoms with Gasteiger partial charge in [-0.05, 0) is 63.9 Å². The molecule has 1 amide bonds. The van der Waals surface area contributed by atoms with Crippen LogP contribution in [0.15, 0.2) is 71.4 Å². The van der Waals surface area contributed by atoms with Gasteiger partial charge in [0.15, 0.2) is 0 Å². The molecule has 4 aromatic rings. The quantitative estimate of drug-likeness (QED) is 0.345. The van der Waals surface area contributed by atoms with Crippen LogP contribution >= 0.6 is 11.6 Å². The number of carbonyl (C=O) groups is 1. The number of piperazine rings is 1.